The molecule has 4 aromatic rings. The van der Waals surface area contributed by atoms with E-state index >= 15 is 0 Å². The highest BCUT2D eigenvalue weighted by Gasteiger charge is 2.31. The van der Waals surface area contributed by atoms with Gasteiger partial charge in [-0.1, -0.05) is 18.2 Å². The minimum Gasteiger partial charge on any atom is -0.480 e. The molecule has 138 valence electrons. The van der Waals surface area contributed by atoms with Crippen molar-refractivity contribution in [2.45, 2.75) is 12.5 Å². The van der Waals surface area contributed by atoms with E-state index < -0.39 is 23.3 Å². The number of aromatic amines is 1. The molecule has 2 aromatic heterocycles. The highest BCUT2D eigenvalue weighted by atomic mass is 32.2. The van der Waals surface area contributed by atoms with Gasteiger partial charge in [-0.05, 0) is 24.3 Å². The van der Waals surface area contributed by atoms with Crippen LogP contribution in [0.4, 0.5) is 5.69 Å². The van der Waals surface area contributed by atoms with E-state index in [1.165, 1.54) is 12.5 Å². The lowest BCUT2D eigenvalue weighted by molar-refractivity contribution is -0.138. The minimum atomic E-state index is -2.54. The molecule has 4 rings (SSSR count). The summed E-state index contributed by atoms with van der Waals surface area (Å²) in [5, 5.41) is 11.2. The Balaban J connectivity index is 1.81. The van der Waals surface area contributed by atoms with Crippen LogP contribution in [0.5, 0.6) is 0 Å². The number of rotatable bonds is 6. The summed E-state index contributed by atoms with van der Waals surface area (Å²) in [6, 6.07) is 11.1. The van der Waals surface area contributed by atoms with Gasteiger partial charge in [-0.3, -0.25) is 8.86 Å². The number of furan rings is 1. The summed E-state index contributed by atoms with van der Waals surface area (Å²) in [6.07, 6.45) is 2.91. The van der Waals surface area contributed by atoms with Crippen LogP contribution in [0.1, 0.15) is 5.69 Å². The van der Waals surface area contributed by atoms with Crippen LogP contribution in [-0.4, -0.2) is 35.8 Å². The van der Waals surface area contributed by atoms with Gasteiger partial charge >= 0.3 is 5.97 Å². The first kappa shape index (κ1) is 17.3. The molecule has 0 aliphatic rings. The Morgan fingerprint density at radius 2 is 2.00 bits per heavy atom. The molecular weight excluding hydrogens is 370 g/mol. The van der Waals surface area contributed by atoms with Crippen LogP contribution in [0.25, 0.3) is 21.9 Å². The Hall–Kier alpha value is -3.17. The molecular formula is C18H15N3O5S. The van der Waals surface area contributed by atoms with Gasteiger partial charge in [-0.25, -0.2) is 14.0 Å². The summed E-state index contributed by atoms with van der Waals surface area (Å²) >= 11 is -2.54. The number of carbonyl (C=O) groups is 1. The molecule has 0 spiro atoms. The molecule has 2 aromatic carbocycles. The summed E-state index contributed by atoms with van der Waals surface area (Å²) in [6.45, 7) is 0. The zero-order chi connectivity index (χ0) is 19.0. The van der Waals surface area contributed by atoms with E-state index in [9.17, 15) is 18.7 Å². The quantitative estimate of drug-likeness (QED) is 0.439. The first-order chi connectivity index (χ1) is 13.0. The smallest absolute Gasteiger partial charge is 0.327 e. The number of benzene rings is 2. The third-order valence-electron chi connectivity index (χ3n) is 4.32. The summed E-state index contributed by atoms with van der Waals surface area (Å²) in [5.41, 5.74) is 2.16. The molecule has 0 fully saturated rings. The lowest BCUT2D eigenvalue weighted by Gasteiger charge is -2.26. The number of aromatic nitrogens is 2. The van der Waals surface area contributed by atoms with Gasteiger partial charge in [0.15, 0.2) is 0 Å². The Kier molecular flexibility index (Phi) is 4.38. The predicted molar refractivity (Wildman–Crippen MR) is 101 cm³/mol. The first-order valence-electron chi connectivity index (χ1n) is 8.06. The number of hydrogen-bond acceptors (Lipinski definition) is 4. The van der Waals surface area contributed by atoms with Crippen molar-refractivity contribution in [2.75, 3.05) is 4.31 Å². The average molecular weight is 385 g/mol. The number of nitrogens with one attached hydrogen (secondary N) is 1. The standard InChI is InChI=1S/C18H15N3O5S/c22-18(23)15(7-11-9-19-10-20-11)21(27(24)25)12-5-6-17-14(8-12)13-3-1-2-4-16(13)26-17/h1-6,8-10,15H,7H2,(H,19,20)(H,22,23)(H,24,25). The molecule has 3 N–H and O–H groups in total. The largest absolute Gasteiger partial charge is 0.480 e. The highest BCUT2D eigenvalue weighted by molar-refractivity contribution is 7.80. The van der Waals surface area contributed by atoms with Crippen molar-refractivity contribution in [1.29, 1.82) is 0 Å². The van der Waals surface area contributed by atoms with Crippen LogP contribution in [0, 0.1) is 0 Å². The molecule has 27 heavy (non-hydrogen) atoms. The number of imidazole rings is 1. The number of para-hydroxylation sites is 1. The predicted octanol–water partition coefficient (Wildman–Crippen LogP) is 2.95. The lowest BCUT2D eigenvalue weighted by atomic mass is 10.1. The van der Waals surface area contributed by atoms with Crippen molar-refractivity contribution in [3.63, 3.8) is 0 Å². The third kappa shape index (κ3) is 3.18. The van der Waals surface area contributed by atoms with E-state index in [4.69, 9.17) is 4.42 Å². The van der Waals surface area contributed by atoms with Gasteiger partial charge < -0.3 is 14.5 Å². The third-order valence-corrected chi connectivity index (χ3v) is 5.12. The van der Waals surface area contributed by atoms with E-state index in [2.05, 4.69) is 9.97 Å². The zero-order valence-corrected chi connectivity index (χ0v) is 14.7. The van der Waals surface area contributed by atoms with E-state index in [1.807, 2.05) is 24.3 Å². The van der Waals surface area contributed by atoms with Gasteiger partial charge in [0.05, 0.1) is 12.0 Å². The number of nitrogens with zero attached hydrogens (tertiary/aromatic N) is 2. The van der Waals surface area contributed by atoms with Crippen molar-refractivity contribution in [3.05, 3.63) is 60.7 Å². The van der Waals surface area contributed by atoms with Crippen molar-refractivity contribution in [2.24, 2.45) is 0 Å². The molecule has 0 amide bonds. The van der Waals surface area contributed by atoms with Crippen molar-refractivity contribution in [1.82, 2.24) is 9.97 Å². The van der Waals surface area contributed by atoms with Gasteiger partial charge in [0.1, 0.15) is 17.2 Å². The van der Waals surface area contributed by atoms with Crippen LogP contribution in [0.2, 0.25) is 0 Å². The Morgan fingerprint density at radius 3 is 2.70 bits per heavy atom. The maximum Gasteiger partial charge on any atom is 0.327 e. The summed E-state index contributed by atoms with van der Waals surface area (Å²) in [4.78, 5) is 18.5. The normalized spacial score (nSPS) is 13.7. The van der Waals surface area contributed by atoms with E-state index in [0.29, 0.717) is 22.5 Å². The number of aliphatic carboxylic acids is 1. The number of hydrogen-bond donors (Lipinski definition) is 3. The Labute approximate surface area is 155 Å². The van der Waals surface area contributed by atoms with Gasteiger partial charge in [0.25, 0.3) is 11.3 Å². The molecule has 0 aliphatic carbocycles. The Morgan fingerprint density at radius 1 is 1.22 bits per heavy atom. The molecule has 0 saturated carbocycles. The minimum absolute atomic E-state index is 0.00813. The second-order valence-corrected chi connectivity index (χ2v) is 6.83. The fraction of sp³-hybridized carbons (Fsp3) is 0.111. The monoisotopic (exact) mass is 385 g/mol. The van der Waals surface area contributed by atoms with Crippen molar-refractivity contribution < 1.29 is 23.1 Å². The molecule has 8 nitrogen and oxygen atoms in total. The average Bonchev–Trinajstić information content (AvgIpc) is 3.28. The number of carboxylic acids is 1. The fourth-order valence-corrected chi connectivity index (χ4v) is 3.78. The van der Waals surface area contributed by atoms with Gasteiger partial charge in [-0.2, -0.15) is 0 Å². The van der Waals surface area contributed by atoms with Gasteiger partial charge in [0.2, 0.25) is 0 Å². The molecule has 2 atom stereocenters. The summed E-state index contributed by atoms with van der Waals surface area (Å²) in [7, 11) is 0. The second-order valence-electron chi connectivity index (χ2n) is 5.97. The molecule has 2 heterocycles. The van der Waals surface area contributed by atoms with Crippen LogP contribution in [0.15, 0.2) is 59.4 Å². The van der Waals surface area contributed by atoms with Crippen LogP contribution >= 0.6 is 0 Å². The molecule has 9 heteroatoms. The lowest BCUT2D eigenvalue weighted by Crippen LogP contribution is -2.44. The second kappa shape index (κ2) is 6.86. The number of anilines is 1. The van der Waals surface area contributed by atoms with Gasteiger partial charge in [0, 0.05) is 29.1 Å². The van der Waals surface area contributed by atoms with E-state index in [-0.39, 0.29) is 6.42 Å². The van der Waals surface area contributed by atoms with Crippen molar-refractivity contribution in [3.8, 4) is 0 Å². The number of fused-ring (bicyclic) bond motifs is 3. The summed E-state index contributed by atoms with van der Waals surface area (Å²) in [5.74, 6) is -1.22. The van der Waals surface area contributed by atoms with E-state index in [0.717, 1.165) is 15.1 Å². The zero-order valence-electron chi connectivity index (χ0n) is 13.9. The fourth-order valence-electron chi connectivity index (χ4n) is 3.11. The molecule has 0 aliphatic heterocycles. The Bertz CT molecular complexity index is 1140. The molecule has 0 saturated heterocycles. The highest BCUT2D eigenvalue weighted by Crippen LogP contribution is 2.32. The summed E-state index contributed by atoms with van der Waals surface area (Å²) < 4.78 is 28.6. The van der Waals surface area contributed by atoms with Crippen LogP contribution < -0.4 is 4.31 Å². The van der Waals surface area contributed by atoms with Crippen LogP contribution in [0.3, 0.4) is 0 Å². The SMILES string of the molecule is O=C(O)C(Cc1cnc[nH]1)N(c1ccc2oc3ccccc3c2c1)S(=O)O. The van der Waals surface area contributed by atoms with Crippen LogP contribution in [-0.2, 0) is 22.5 Å². The maximum atomic E-state index is 12.0. The molecule has 2 unspecified atom stereocenters. The van der Waals surface area contributed by atoms with Gasteiger partial charge in [-0.15, -0.1) is 0 Å². The topological polar surface area (TPSA) is 120 Å². The van der Waals surface area contributed by atoms with E-state index in [1.54, 1.807) is 18.2 Å². The molecule has 0 radical (unpaired) electrons. The number of carboxylic acid groups (broad SMARTS) is 1. The molecule has 0 bridgehead atoms. The first-order valence-corrected chi connectivity index (χ1v) is 9.12. The maximum absolute atomic E-state index is 12.0. The number of H-pyrrole nitrogens is 1. The van der Waals surface area contributed by atoms with Crippen molar-refractivity contribution >= 4 is 44.9 Å².